The molecule has 1 aromatic rings. The zero-order valence-electron chi connectivity index (χ0n) is 9.54. The van der Waals surface area contributed by atoms with Crippen LogP contribution in [0.1, 0.15) is 16.8 Å². The lowest BCUT2D eigenvalue weighted by atomic mass is 10.1. The van der Waals surface area contributed by atoms with Crippen molar-refractivity contribution in [2.45, 2.75) is 6.42 Å². The molecule has 0 N–H and O–H groups in total. The number of methoxy groups -OCH3 is 1. The lowest BCUT2D eigenvalue weighted by molar-refractivity contribution is 0.0701. The normalized spacial score (nSPS) is 10.5. The van der Waals surface area contributed by atoms with E-state index in [2.05, 4.69) is 0 Å². The summed E-state index contributed by atoms with van der Waals surface area (Å²) in [7, 11) is 1.56. The van der Waals surface area contributed by atoms with Crippen LogP contribution in [-0.2, 0) is 9.47 Å². The van der Waals surface area contributed by atoms with Crippen LogP contribution >= 0.6 is 0 Å². The summed E-state index contributed by atoms with van der Waals surface area (Å²) in [6.07, 6.45) is 0.648. The van der Waals surface area contributed by atoms with E-state index < -0.39 is 17.4 Å². The molecule has 0 aromatic heterocycles. The van der Waals surface area contributed by atoms with Crippen molar-refractivity contribution in [2.75, 3.05) is 26.9 Å². The highest BCUT2D eigenvalue weighted by molar-refractivity contribution is 5.97. The molecular weight excluding hydrogens is 230 g/mol. The van der Waals surface area contributed by atoms with Gasteiger partial charge >= 0.3 is 0 Å². The van der Waals surface area contributed by atoms with Gasteiger partial charge < -0.3 is 9.47 Å². The molecule has 0 bridgehead atoms. The third-order valence-corrected chi connectivity index (χ3v) is 2.10. The fourth-order valence-electron chi connectivity index (χ4n) is 1.26. The first-order chi connectivity index (χ1) is 8.15. The molecular formula is C12H14F2O3. The fourth-order valence-corrected chi connectivity index (χ4v) is 1.26. The second-order valence-electron chi connectivity index (χ2n) is 3.45. The monoisotopic (exact) mass is 244 g/mol. The minimum Gasteiger partial charge on any atom is -0.385 e. The molecule has 94 valence electrons. The van der Waals surface area contributed by atoms with E-state index in [0.717, 1.165) is 18.2 Å². The van der Waals surface area contributed by atoms with E-state index in [4.69, 9.17) is 9.47 Å². The number of halogens is 2. The summed E-state index contributed by atoms with van der Waals surface area (Å²) in [6.45, 7) is 0.614. The summed E-state index contributed by atoms with van der Waals surface area (Å²) in [4.78, 5) is 11.5. The second kappa shape index (κ2) is 7.09. The van der Waals surface area contributed by atoms with Crippen LogP contribution in [-0.4, -0.2) is 32.7 Å². The van der Waals surface area contributed by atoms with E-state index in [1.807, 2.05) is 0 Å². The van der Waals surface area contributed by atoms with Crippen LogP contribution < -0.4 is 0 Å². The number of carbonyl (C=O) groups excluding carboxylic acids is 1. The number of ketones is 1. The number of Topliss-reactive ketones (excluding diaryl/α,β-unsaturated/α-hetero) is 1. The first-order valence-corrected chi connectivity index (χ1v) is 5.20. The van der Waals surface area contributed by atoms with Gasteiger partial charge in [-0.2, -0.15) is 0 Å². The van der Waals surface area contributed by atoms with Gasteiger partial charge in [0.25, 0.3) is 0 Å². The van der Waals surface area contributed by atoms with Crippen molar-refractivity contribution < 1.29 is 23.0 Å². The molecule has 0 aliphatic heterocycles. The summed E-state index contributed by atoms with van der Waals surface area (Å²) in [6, 6.07) is 2.76. The standard InChI is InChI=1S/C12H14F2O3/c1-16-5-2-6-17-8-12(15)10-7-9(13)3-4-11(10)14/h3-4,7H,2,5-6,8H2,1H3. The molecule has 0 radical (unpaired) electrons. The zero-order valence-corrected chi connectivity index (χ0v) is 9.54. The van der Waals surface area contributed by atoms with Crippen molar-refractivity contribution in [3.63, 3.8) is 0 Å². The van der Waals surface area contributed by atoms with Gasteiger partial charge in [0.1, 0.15) is 18.2 Å². The van der Waals surface area contributed by atoms with E-state index in [0.29, 0.717) is 19.6 Å². The van der Waals surface area contributed by atoms with Gasteiger partial charge in [0, 0.05) is 20.3 Å². The SMILES string of the molecule is COCCCOCC(=O)c1cc(F)ccc1F. The van der Waals surface area contributed by atoms with Gasteiger partial charge in [-0.3, -0.25) is 4.79 Å². The Balaban J connectivity index is 2.44. The highest BCUT2D eigenvalue weighted by atomic mass is 19.1. The molecule has 0 aliphatic carbocycles. The summed E-state index contributed by atoms with van der Waals surface area (Å²) >= 11 is 0. The molecule has 0 heterocycles. The van der Waals surface area contributed by atoms with Crippen molar-refractivity contribution in [1.29, 1.82) is 0 Å². The Morgan fingerprint density at radius 2 is 2.06 bits per heavy atom. The Hall–Kier alpha value is -1.33. The minimum absolute atomic E-state index is 0.260. The van der Waals surface area contributed by atoms with Crippen LogP contribution in [0.5, 0.6) is 0 Å². The summed E-state index contributed by atoms with van der Waals surface area (Å²) in [5, 5.41) is 0. The van der Waals surface area contributed by atoms with Crippen molar-refractivity contribution >= 4 is 5.78 Å². The van der Waals surface area contributed by atoms with Gasteiger partial charge in [0.2, 0.25) is 0 Å². The van der Waals surface area contributed by atoms with E-state index >= 15 is 0 Å². The molecule has 0 amide bonds. The van der Waals surface area contributed by atoms with Gasteiger partial charge in [-0.1, -0.05) is 0 Å². The number of hydrogen-bond acceptors (Lipinski definition) is 3. The Labute approximate surface area is 98.3 Å². The smallest absolute Gasteiger partial charge is 0.191 e. The van der Waals surface area contributed by atoms with Crippen molar-refractivity contribution in [3.8, 4) is 0 Å². The number of rotatable bonds is 7. The molecule has 0 saturated heterocycles. The predicted octanol–water partition coefficient (Wildman–Crippen LogP) is 2.20. The predicted molar refractivity (Wildman–Crippen MR) is 58.0 cm³/mol. The van der Waals surface area contributed by atoms with Crippen LogP contribution in [0, 0.1) is 11.6 Å². The number of hydrogen-bond donors (Lipinski definition) is 0. The second-order valence-corrected chi connectivity index (χ2v) is 3.45. The van der Waals surface area contributed by atoms with E-state index in [9.17, 15) is 13.6 Å². The van der Waals surface area contributed by atoms with Gasteiger partial charge in [-0.25, -0.2) is 8.78 Å². The summed E-state index contributed by atoms with van der Waals surface area (Å²) in [5.74, 6) is -1.95. The highest BCUT2D eigenvalue weighted by Gasteiger charge is 2.12. The van der Waals surface area contributed by atoms with Gasteiger partial charge in [-0.15, -0.1) is 0 Å². The Bertz CT molecular complexity index is 380. The van der Waals surface area contributed by atoms with Gasteiger partial charge in [-0.05, 0) is 24.6 Å². The zero-order chi connectivity index (χ0) is 12.7. The fraction of sp³-hybridized carbons (Fsp3) is 0.417. The van der Waals surface area contributed by atoms with E-state index in [-0.39, 0.29) is 12.2 Å². The van der Waals surface area contributed by atoms with E-state index in [1.165, 1.54) is 0 Å². The van der Waals surface area contributed by atoms with Crippen molar-refractivity contribution in [3.05, 3.63) is 35.4 Å². The Morgan fingerprint density at radius 3 is 2.76 bits per heavy atom. The maximum Gasteiger partial charge on any atom is 0.191 e. The molecule has 0 unspecified atom stereocenters. The first kappa shape index (κ1) is 13.7. The Morgan fingerprint density at radius 1 is 1.29 bits per heavy atom. The lowest BCUT2D eigenvalue weighted by Gasteiger charge is -2.04. The maximum absolute atomic E-state index is 13.2. The number of ether oxygens (including phenoxy) is 2. The quantitative estimate of drug-likeness (QED) is 0.545. The Kier molecular flexibility index (Phi) is 5.72. The van der Waals surface area contributed by atoms with Crippen molar-refractivity contribution in [2.24, 2.45) is 0 Å². The molecule has 17 heavy (non-hydrogen) atoms. The van der Waals surface area contributed by atoms with Crippen LogP contribution in [0.15, 0.2) is 18.2 Å². The third-order valence-electron chi connectivity index (χ3n) is 2.10. The van der Waals surface area contributed by atoms with Gasteiger partial charge in [0.05, 0.1) is 5.56 Å². The van der Waals surface area contributed by atoms with E-state index in [1.54, 1.807) is 7.11 Å². The van der Waals surface area contributed by atoms with Crippen LogP contribution in [0.25, 0.3) is 0 Å². The number of carbonyl (C=O) groups is 1. The topological polar surface area (TPSA) is 35.5 Å². The molecule has 0 saturated carbocycles. The van der Waals surface area contributed by atoms with Crippen molar-refractivity contribution in [1.82, 2.24) is 0 Å². The lowest BCUT2D eigenvalue weighted by Crippen LogP contribution is -2.12. The average molecular weight is 244 g/mol. The molecule has 0 aliphatic rings. The third kappa shape index (κ3) is 4.58. The maximum atomic E-state index is 13.2. The molecule has 1 aromatic carbocycles. The first-order valence-electron chi connectivity index (χ1n) is 5.20. The minimum atomic E-state index is -0.739. The van der Waals surface area contributed by atoms with Crippen LogP contribution in [0.2, 0.25) is 0 Å². The molecule has 0 fully saturated rings. The molecule has 1 rings (SSSR count). The number of benzene rings is 1. The van der Waals surface area contributed by atoms with Gasteiger partial charge in [0.15, 0.2) is 5.78 Å². The molecule has 0 spiro atoms. The van der Waals surface area contributed by atoms with Crippen LogP contribution in [0.3, 0.4) is 0 Å². The molecule has 0 atom stereocenters. The molecule has 5 heteroatoms. The highest BCUT2D eigenvalue weighted by Crippen LogP contribution is 2.10. The summed E-state index contributed by atoms with van der Waals surface area (Å²) in [5.41, 5.74) is -0.281. The average Bonchev–Trinajstić information content (AvgIpc) is 2.32. The van der Waals surface area contributed by atoms with Crippen LogP contribution in [0.4, 0.5) is 8.78 Å². The molecule has 3 nitrogen and oxygen atoms in total. The summed E-state index contributed by atoms with van der Waals surface area (Å²) < 4.78 is 35.8. The largest absolute Gasteiger partial charge is 0.385 e.